The highest BCUT2D eigenvalue weighted by Crippen LogP contribution is 2.25. The molecule has 1 aromatic carbocycles. The van der Waals surface area contributed by atoms with Crippen LogP contribution in [0.4, 0.5) is 11.6 Å². The molecule has 4 aromatic rings. The van der Waals surface area contributed by atoms with Crippen LogP contribution in [0.1, 0.15) is 37.6 Å². The second-order valence-electron chi connectivity index (χ2n) is 10.5. The van der Waals surface area contributed by atoms with Crippen LogP contribution in [0.5, 0.6) is 0 Å². The van der Waals surface area contributed by atoms with E-state index in [1.165, 1.54) is 22.0 Å². The summed E-state index contributed by atoms with van der Waals surface area (Å²) in [6.07, 6.45) is 5.25. The standard InChI is InChI=1S/C26H32N8O3S/c1-26(2,3)22-14-20(8-10-28-22)34-23-21(24(35)33(34)12-11-30-38(4,36)37)16-29-25(32-23)31-19-6-5-18-15-27-9-7-17(18)13-19/h5-6,8,10,13-14,16,27,30H,7,9,11-12,15H2,1-4H3,(H,29,31,32). The van der Waals surface area contributed by atoms with Gasteiger partial charge in [-0.25, -0.2) is 27.5 Å². The normalized spacial score (nSPS) is 14.0. The zero-order chi connectivity index (χ0) is 27.1. The number of pyridine rings is 1. The van der Waals surface area contributed by atoms with E-state index in [1.807, 2.05) is 12.1 Å². The molecule has 0 saturated carbocycles. The van der Waals surface area contributed by atoms with E-state index in [-0.39, 0.29) is 24.1 Å². The summed E-state index contributed by atoms with van der Waals surface area (Å²) in [4.78, 5) is 27.1. The van der Waals surface area contributed by atoms with Crippen molar-refractivity contribution in [2.75, 3.05) is 24.7 Å². The van der Waals surface area contributed by atoms with Gasteiger partial charge >= 0.3 is 0 Å². The summed E-state index contributed by atoms with van der Waals surface area (Å²) in [5.74, 6) is 0.358. The van der Waals surface area contributed by atoms with Gasteiger partial charge in [-0.15, -0.1) is 0 Å². The minimum Gasteiger partial charge on any atom is -0.324 e. The number of sulfonamides is 1. The second kappa shape index (κ2) is 9.93. The van der Waals surface area contributed by atoms with E-state index in [0.717, 1.165) is 37.1 Å². The molecule has 200 valence electrons. The number of aromatic nitrogens is 5. The van der Waals surface area contributed by atoms with Gasteiger partial charge in [0, 0.05) is 42.3 Å². The fourth-order valence-electron chi connectivity index (χ4n) is 4.54. The maximum Gasteiger partial charge on any atom is 0.278 e. The molecule has 38 heavy (non-hydrogen) atoms. The monoisotopic (exact) mass is 536 g/mol. The Morgan fingerprint density at radius 2 is 1.92 bits per heavy atom. The SMILES string of the molecule is CC(C)(C)c1cc(-n2c3nc(Nc4ccc5c(c4)CCNC5)ncc3c(=O)n2CCNS(C)(=O)=O)ccn1. The summed E-state index contributed by atoms with van der Waals surface area (Å²) >= 11 is 0. The summed E-state index contributed by atoms with van der Waals surface area (Å²) in [6, 6.07) is 9.92. The van der Waals surface area contributed by atoms with Crippen LogP contribution in [0.25, 0.3) is 16.7 Å². The summed E-state index contributed by atoms with van der Waals surface area (Å²) in [5.41, 5.74) is 4.86. The summed E-state index contributed by atoms with van der Waals surface area (Å²) in [7, 11) is -3.42. The van der Waals surface area contributed by atoms with Gasteiger partial charge in [-0.1, -0.05) is 26.8 Å². The highest BCUT2D eigenvalue weighted by atomic mass is 32.2. The topological polar surface area (TPSA) is 136 Å². The predicted molar refractivity (Wildman–Crippen MR) is 148 cm³/mol. The minimum absolute atomic E-state index is 0.0504. The van der Waals surface area contributed by atoms with Crippen molar-refractivity contribution in [2.24, 2.45) is 0 Å². The van der Waals surface area contributed by atoms with Gasteiger partial charge in [-0.3, -0.25) is 9.78 Å². The Balaban J connectivity index is 1.60. The van der Waals surface area contributed by atoms with Crippen molar-refractivity contribution in [3.63, 3.8) is 0 Å². The van der Waals surface area contributed by atoms with Crippen molar-refractivity contribution < 1.29 is 8.42 Å². The van der Waals surface area contributed by atoms with Crippen LogP contribution in [0.3, 0.4) is 0 Å². The molecule has 0 aliphatic carbocycles. The van der Waals surface area contributed by atoms with Crippen LogP contribution >= 0.6 is 0 Å². The summed E-state index contributed by atoms with van der Waals surface area (Å²) in [6.45, 7) is 8.15. The van der Waals surface area contributed by atoms with Crippen LogP contribution in [-0.4, -0.2) is 52.1 Å². The Labute approximate surface area is 221 Å². The quantitative estimate of drug-likeness (QED) is 0.327. The van der Waals surface area contributed by atoms with E-state index in [9.17, 15) is 13.2 Å². The molecule has 12 heteroatoms. The molecule has 0 fully saturated rings. The highest BCUT2D eigenvalue weighted by molar-refractivity contribution is 7.88. The van der Waals surface area contributed by atoms with E-state index in [1.54, 1.807) is 16.9 Å². The molecule has 3 N–H and O–H groups in total. The van der Waals surface area contributed by atoms with Gasteiger partial charge in [0.05, 0.1) is 18.5 Å². The lowest BCUT2D eigenvalue weighted by Gasteiger charge is -2.20. The Hall–Kier alpha value is -3.61. The fraction of sp³-hybridized carbons (Fsp3) is 0.385. The van der Waals surface area contributed by atoms with Crippen molar-refractivity contribution in [1.82, 2.24) is 34.4 Å². The Kier molecular flexibility index (Phi) is 6.80. The predicted octanol–water partition coefficient (Wildman–Crippen LogP) is 2.21. The first-order chi connectivity index (χ1) is 18.0. The van der Waals surface area contributed by atoms with Gasteiger partial charge in [0.15, 0.2) is 5.65 Å². The number of nitrogens with one attached hydrogen (secondary N) is 3. The van der Waals surface area contributed by atoms with Gasteiger partial charge in [0.2, 0.25) is 16.0 Å². The molecule has 1 aliphatic heterocycles. The molecular weight excluding hydrogens is 504 g/mol. The molecule has 0 radical (unpaired) electrons. The first-order valence-corrected chi connectivity index (χ1v) is 14.4. The number of hydrogen-bond donors (Lipinski definition) is 3. The van der Waals surface area contributed by atoms with Crippen LogP contribution in [0.2, 0.25) is 0 Å². The van der Waals surface area contributed by atoms with Gasteiger partial charge in [-0.05, 0) is 48.4 Å². The first kappa shape index (κ1) is 26.0. The van der Waals surface area contributed by atoms with Crippen LogP contribution in [0, 0.1) is 0 Å². The molecule has 5 rings (SSSR count). The van der Waals surface area contributed by atoms with E-state index >= 15 is 0 Å². The van der Waals surface area contributed by atoms with Crippen molar-refractivity contribution in [2.45, 2.75) is 45.7 Å². The lowest BCUT2D eigenvalue weighted by Crippen LogP contribution is -2.31. The van der Waals surface area contributed by atoms with E-state index in [4.69, 9.17) is 4.98 Å². The number of benzene rings is 1. The maximum absolute atomic E-state index is 13.4. The molecule has 0 amide bonds. The van der Waals surface area contributed by atoms with E-state index in [0.29, 0.717) is 22.7 Å². The number of anilines is 2. The lowest BCUT2D eigenvalue weighted by molar-refractivity contribution is 0.526. The Bertz CT molecular complexity index is 1670. The molecule has 11 nitrogen and oxygen atoms in total. The van der Waals surface area contributed by atoms with Gasteiger partial charge in [0.25, 0.3) is 5.56 Å². The largest absolute Gasteiger partial charge is 0.324 e. The highest BCUT2D eigenvalue weighted by Gasteiger charge is 2.21. The Morgan fingerprint density at radius 3 is 2.68 bits per heavy atom. The zero-order valence-electron chi connectivity index (χ0n) is 21.9. The number of nitrogens with zero attached hydrogens (tertiary/aromatic N) is 5. The van der Waals surface area contributed by atoms with Crippen molar-refractivity contribution in [3.05, 3.63) is 69.9 Å². The van der Waals surface area contributed by atoms with Crippen molar-refractivity contribution in [3.8, 4) is 5.69 Å². The molecule has 1 aliphatic rings. The number of rotatable bonds is 7. The van der Waals surface area contributed by atoms with Gasteiger partial charge in [-0.2, -0.15) is 4.98 Å². The van der Waals surface area contributed by atoms with E-state index in [2.05, 4.69) is 58.2 Å². The molecule has 0 spiro atoms. The molecular formula is C26H32N8O3S. The minimum atomic E-state index is -3.42. The third kappa shape index (κ3) is 5.47. The summed E-state index contributed by atoms with van der Waals surface area (Å²) in [5, 5.41) is 6.99. The lowest BCUT2D eigenvalue weighted by atomic mass is 9.91. The third-order valence-corrected chi connectivity index (χ3v) is 7.20. The second-order valence-corrected chi connectivity index (χ2v) is 12.4. The number of fused-ring (bicyclic) bond motifs is 2. The maximum atomic E-state index is 13.4. The third-order valence-electron chi connectivity index (χ3n) is 6.47. The first-order valence-electron chi connectivity index (χ1n) is 12.5. The molecule has 0 atom stereocenters. The summed E-state index contributed by atoms with van der Waals surface area (Å²) < 4.78 is 28.9. The molecule has 0 bridgehead atoms. The van der Waals surface area contributed by atoms with Crippen LogP contribution < -0.4 is 20.9 Å². The molecule has 0 saturated heterocycles. The van der Waals surface area contributed by atoms with Gasteiger partial charge in [0.1, 0.15) is 5.39 Å². The average molecular weight is 537 g/mol. The number of hydrogen-bond acceptors (Lipinski definition) is 8. The van der Waals surface area contributed by atoms with Gasteiger partial charge < -0.3 is 10.6 Å². The Morgan fingerprint density at radius 1 is 1.11 bits per heavy atom. The van der Waals surface area contributed by atoms with Crippen LogP contribution in [-0.2, 0) is 34.9 Å². The smallest absolute Gasteiger partial charge is 0.278 e. The van der Waals surface area contributed by atoms with Crippen LogP contribution in [0.15, 0.2) is 47.5 Å². The molecule has 0 unspecified atom stereocenters. The van der Waals surface area contributed by atoms with E-state index < -0.39 is 10.0 Å². The average Bonchev–Trinajstić information content (AvgIpc) is 3.13. The fourth-order valence-corrected chi connectivity index (χ4v) is 5.00. The van der Waals surface area contributed by atoms with Crippen molar-refractivity contribution >= 4 is 32.7 Å². The molecule has 3 aromatic heterocycles. The van der Waals surface area contributed by atoms with Crippen molar-refractivity contribution in [1.29, 1.82) is 0 Å². The zero-order valence-corrected chi connectivity index (χ0v) is 22.8. The molecule has 4 heterocycles.